The first-order valence-electron chi connectivity index (χ1n) is 8.20. The molecular weight excluding hydrogens is 278 g/mol. The molecule has 5 nitrogen and oxygen atoms in total. The largest absolute Gasteiger partial charge is 0.396 e. The fraction of sp³-hybridized carbons (Fsp3) is 0.647. The Morgan fingerprint density at radius 3 is 2.77 bits per heavy atom. The van der Waals surface area contributed by atoms with E-state index in [1.54, 1.807) is 6.20 Å². The Kier molecular flexibility index (Phi) is 6.19. The van der Waals surface area contributed by atoms with Crippen LogP contribution >= 0.6 is 0 Å². The minimum Gasteiger partial charge on any atom is -0.396 e. The highest BCUT2D eigenvalue weighted by Crippen LogP contribution is 2.24. The lowest BCUT2D eigenvalue weighted by atomic mass is 9.85. The Labute approximate surface area is 132 Å². The van der Waals surface area contributed by atoms with Crippen molar-refractivity contribution < 1.29 is 9.90 Å². The number of hydrogen-bond acceptors (Lipinski definition) is 3. The highest BCUT2D eigenvalue weighted by molar-refractivity contribution is 5.74. The molecule has 0 aliphatic heterocycles. The maximum atomic E-state index is 12.3. The van der Waals surface area contributed by atoms with E-state index in [1.165, 1.54) is 0 Å². The summed E-state index contributed by atoms with van der Waals surface area (Å²) < 4.78 is 0. The van der Waals surface area contributed by atoms with Crippen LogP contribution in [-0.2, 0) is 0 Å². The maximum Gasteiger partial charge on any atom is 0.315 e. The van der Waals surface area contributed by atoms with Crippen LogP contribution in [-0.4, -0.2) is 28.8 Å². The Balaban J connectivity index is 1.96. The Morgan fingerprint density at radius 1 is 1.36 bits per heavy atom. The van der Waals surface area contributed by atoms with Crippen LogP contribution < -0.4 is 10.6 Å². The first kappa shape index (κ1) is 16.7. The molecule has 1 aliphatic carbocycles. The van der Waals surface area contributed by atoms with Crippen molar-refractivity contribution in [3.8, 4) is 0 Å². The van der Waals surface area contributed by atoms with Gasteiger partial charge in [0.1, 0.15) is 0 Å². The standard InChI is InChI=1S/C17H27N3O2/c1-12(2)16(15-9-5-6-10-18-15)20-17(22)19-14-8-4-3-7-13(14)11-21/h5-6,9-10,12-14,16,21H,3-4,7-8,11H2,1-2H3,(H2,19,20,22). The van der Waals surface area contributed by atoms with Crippen LogP contribution in [0.3, 0.4) is 0 Å². The second-order valence-electron chi connectivity index (χ2n) is 6.43. The van der Waals surface area contributed by atoms with Gasteiger partial charge < -0.3 is 15.7 Å². The van der Waals surface area contributed by atoms with E-state index in [0.29, 0.717) is 0 Å². The zero-order valence-corrected chi connectivity index (χ0v) is 13.5. The molecular formula is C17H27N3O2. The van der Waals surface area contributed by atoms with Gasteiger partial charge in [-0.3, -0.25) is 4.98 Å². The number of aliphatic hydroxyl groups excluding tert-OH is 1. The van der Waals surface area contributed by atoms with Crippen LogP contribution in [0.2, 0.25) is 0 Å². The normalized spacial score (nSPS) is 23.1. The van der Waals surface area contributed by atoms with Gasteiger partial charge in [0.2, 0.25) is 0 Å². The quantitative estimate of drug-likeness (QED) is 0.783. The summed E-state index contributed by atoms with van der Waals surface area (Å²) in [5.41, 5.74) is 0.870. The van der Waals surface area contributed by atoms with Crippen molar-refractivity contribution in [1.29, 1.82) is 0 Å². The highest BCUT2D eigenvalue weighted by Gasteiger charge is 2.27. The summed E-state index contributed by atoms with van der Waals surface area (Å²) in [4.78, 5) is 16.7. The van der Waals surface area contributed by atoms with Gasteiger partial charge in [-0.1, -0.05) is 32.8 Å². The molecule has 0 saturated heterocycles. The fourth-order valence-corrected chi connectivity index (χ4v) is 3.11. The molecule has 0 radical (unpaired) electrons. The second kappa shape index (κ2) is 8.13. The van der Waals surface area contributed by atoms with Crippen molar-refractivity contribution in [1.82, 2.24) is 15.6 Å². The number of carbonyl (C=O) groups is 1. The van der Waals surface area contributed by atoms with Crippen molar-refractivity contribution in [2.75, 3.05) is 6.61 Å². The van der Waals surface area contributed by atoms with Crippen LogP contribution in [0.5, 0.6) is 0 Å². The molecule has 0 bridgehead atoms. The summed E-state index contributed by atoms with van der Waals surface area (Å²) in [6, 6.07) is 5.51. The first-order chi connectivity index (χ1) is 10.6. The van der Waals surface area contributed by atoms with Gasteiger partial charge in [0.25, 0.3) is 0 Å². The lowest BCUT2D eigenvalue weighted by molar-refractivity contribution is 0.152. The molecule has 0 aromatic carbocycles. The SMILES string of the molecule is CC(C)C(NC(=O)NC1CCCCC1CO)c1ccccn1. The van der Waals surface area contributed by atoms with Crippen LogP contribution in [0, 0.1) is 11.8 Å². The molecule has 22 heavy (non-hydrogen) atoms. The number of amides is 2. The zero-order valence-electron chi connectivity index (χ0n) is 13.5. The molecule has 3 N–H and O–H groups in total. The number of nitrogens with zero attached hydrogens (tertiary/aromatic N) is 1. The summed E-state index contributed by atoms with van der Waals surface area (Å²) in [6.45, 7) is 4.27. The third-order valence-electron chi connectivity index (χ3n) is 4.42. The monoisotopic (exact) mass is 305 g/mol. The molecule has 1 heterocycles. The number of rotatable bonds is 5. The first-order valence-corrected chi connectivity index (χ1v) is 8.20. The fourth-order valence-electron chi connectivity index (χ4n) is 3.11. The summed E-state index contributed by atoms with van der Waals surface area (Å²) >= 11 is 0. The molecule has 1 fully saturated rings. The molecule has 1 aliphatic rings. The summed E-state index contributed by atoms with van der Waals surface area (Å²) in [5, 5.41) is 15.5. The lowest BCUT2D eigenvalue weighted by Gasteiger charge is -2.32. The molecule has 5 heteroatoms. The Hall–Kier alpha value is -1.62. The number of urea groups is 1. The molecule has 0 spiro atoms. The van der Waals surface area contributed by atoms with E-state index in [1.807, 2.05) is 18.2 Å². The van der Waals surface area contributed by atoms with Crippen LogP contribution in [0.4, 0.5) is 4.79 Å². The predicted molar refractivity (Wildman–Crippen MR) is 86.3 cm³/mol. The van der Waals surface area contributed by atoms with Gasteiger partial charge in [-0.15, -0.1) is 0 Å². The highest BCUT2D eigenvalue weighted by atomic mass is 16.3. The summed E-state index contributed by atoms with van der Waals surface area (Å²) in [5.74, 6) is 0.424. The topological polar surface area (TPSA) is 74.2 Å². The van der Waals surface area contributed by atoms with Crippen LogP contribution in [0.15, 0.2) is 24.4 Å². The van der Waals surface area contributed by atoms with Gasteiger partial charge in [0, 0.05) is 24.8 Å². The van der Waals surface area contributed by atoms with E-state index in [9.17, 15) is 9.90 Å². The summed E-state index contributed by atoms with van der Waals surface area (Å²) in [6.07, 6.45) is 5.90. The average Bonchev–Trinajstić information content (AvgIpc) is 2.53. The van der Waals surface area contributed by atoms with Crippen LogP contribution in [0.1, 0.15) is 51.3 Å². The van der Waals surface area contributed by atoms with E-state index < -0.39 is 0 Å². The Bertz CT molecular complexity index is 464. The van der Waals surface area contributed by atoms with E-state index in [2.05, 4.69) is 29.5 Å². The molecule has 1 aromatic rings. The van der Waals surface area contributed by atoms with Gasteiger partial charge >= 0.3 is 6.03 Å². The zero-order chi connectivity index (χ0) is 15.9. The maximum absolute atomic E-state index is 12.3. The van der Waals surface area contributed by atoms with Gasteiger partial charge in [-0.2, -0.15) is 0 Å². The smallest absolute Gasteiger partial charge is 0.315 e. The van der Waals surface area contributed by atoms with E-state index in [0.717, 1.165) is 31.4 Å². The van der Waals surface area contributed by atoms with Gasteiger partial charge in [0.05, 0.1) is 11.7 Å². The van der Waals surface area contributed by atoms with Crippen molar-refractivity contribution in [3.05, 3.63) is 30.1 Å². The van der Waals surface area contributed by atoms with Crippen molar-refractivity contribution >= 4 is 6.03 Å². The molecule has 2 amide bonds. The number of aromatic nitrogens is 1. The predicted octanol–water partition coefficient (Wildman–Crippen LogP) is 2.63. The van der Waals surface area contributed by atoms with Gasteiger partial charge in [0.15, 0.2) is 0 Å². The third kappa shape index (κ3) is 4.44. The molecule has 122 valence electrons. The average molecular weight is 305 g/mol. The van der Waals surface area contributed by atoms with Gasteiger partial charge in [-0.05, 0) is 30.9 Å². The number of carbonyl (C=O) groups excluding carboxylic acids is 1. The van der Waals surface area contributed by atoms with E-state index in [-0.39, 0.29) is 36.6 Å². The molecule has 3 unspecified atom stereocenters. The third-order valence-corrected chi connectivity index (χ3v) is 4.42. The number of hydrogen-bond donors (Lipinski definition) is 3. The van der Waals surface area contributed by atoms with E-state index in [4.69, 9.17) is 0 Å². The minimum absolute atomic E-state index is 0.0651. The summed E-state index contributed by atoms with van der Waals surface area (Å²) in [7, 11) is 0. The second-order valence-corrected chi connectivity index (χ2v) is 6.43. The van der Waals surface area contributed by atoms with Crippen molar-refractivity contribution in [2.45, 2.75) is 51.6 Å². The van der Waals surface area contributed by atoms with Crippen molar-refractivity contribution in [3.63, 3.8) is 0 Å². The van der Waals surface area contributed by atoms with Gasteiger partial charge in [-0.25, -0.2) is 4.79 Å². The molecule has 3 atom stereocenters. The number of pyridine rings is 1. The van der Waals surface area contributed by atoms with Crippen LogP contribution in [0.25, 0.3) is 0 Å². The Morgan fingerprint density at radius 2 is 2.14 bits per heavy atom. The van der Waals surface area contributed by atoms with Crippen molar-refractivity contribution in [2.24, 2.45) is 11.8 Å². The number of nitrogens with one attached hydrogen (secondary N) is 2. The minimum atomic E-state index is -0.172. The number of aliphatic hydroxyl groups is 1. The van der Waals surface area contributed by atoms with E-state index >= 15 is 0 Å². The molecule has 1 aromatic heterocycles. The lowest BCUT2D eigenvalue weighted by Crippen LogP contribution is -2.49. The molecule has 2 rings (SSSR count). The molecule has 1 saturated carbocycles.